The van der Waals surface area contributed by atoms with Crippen LogP contribution in [0.3, 0.4) is 0 Å². The molecule has 6 nitrogen and oxygen atoms in total. The van der Waals surface area contributed by atoms with Gasteiger partial charge in [-0.15, -0.1) is 0 Å². The van der Waals surface area contributed by atoms with Gasteiger partial charge < -0.3 is 9.63 Å². The van der Waals surface area contributed by atoms with Gasteiger partial charge in [0.15, 0.2) is 5.82 Å². The topological polar surface area (TPSA) is 80.7 Å². The SMILES string of the molecule is Cc1ccnc(NOP(=O)(Oc2cc(C)c(O)c(C)c2)C(C)(C(C)C)C(C)C)c1C. The summed E-state index contributed by atoms with van der Waals surface area (Å²) in [4.78, 5) is 4.31. The summed E-state index contributed by atoms with van der Waals surface area (Å²) in [5.41, 5.74) is 6.08. The van der Waals surface area contributed by atoms with Crippen molar-refractivity contribution in [3.63, 3.8) is 0 Å². The molecule has 0 spiro atoms. The van der Waals surface area contributed by atoms with Gasteiger partial charge in [0, 0.05) is 6.20 Å². The lowest BCUT2D eigenvalue weighted by Crippen LogP contribution is -2.40. The number of nitrogens with one attached hydrogen (secondary N) is 1. The van der Waals surface area contributed by atoms with Crippen molar-refractivity contribution in [3.05, 3.63) is 46.6 Å². The molecule has 0 aliphatic heterocycles. The van der Waals surface area contributed by atoms with E-state index in [-0.39, 0.29) is 17.6 Å². The molecule has 2 N–H and O–H groups in total. The highest BCUT2D eigenvalue weighted by Gasteiger charge is 2.54. The van der Waals surface area contributed by atoms with Crippen LogP contribution in [0.25, 0.3) is 0 Å². The van der Waals surface area contributed by atoms with E-state index in [1.165, 1.54) is 0 Å². The number of pyridine rings is 1. The molecule has 0 aliphatic rings. The minimum Gasteiger partial charge on any atom is -0.507 e. The summed E-state index contributed by atoms with van der Waals surface area (Å²) in [6, 6.07) is 5.26. The van der Waals surface area contributed by atoms with Gasteiger partial charge in [0.1, 0.15) is 11.5 Å². The van der Waals surface area contributed by atoms with Gasteiger partial charge in [-0.3, -0.25) is 0 Å². The standard InChI is InChI=1S/C23H35N2O4P/c1-14(2)23(9,15(3)4)30(27,28-20-12-17(6)21(26)18(7)13-20)29-25-22-19(8)16(5)10-11-24-22/h10-15,26H,1-9H3,(H,24,25). The second-order valence-corrected chi connectivity index (χ2v) is 11.1. The Bertz CT molecular complexity index is 925. The number of hydrogen-bond acceptors (Lipinski definition) is 6. The molecule has 7 heteroatoms. The van der Waals surface area contributed by atoms with Gasteiger partial charge in [-0.1, -0.05) is 27.7 Å². The molecule has 1 atom stereocenters. The summed E-state index contributed by atoms with van der Waals surface area (Å²) in [5.74, 6) is 1.12. The van der Waals surface area contributed by atoms with Crippen LogP contribution in [0.4, 0.5) is 5.82 Å². The predicted molar refractivity (Wildman–Crippen MR) is 122 cm³/mol. The molecule has 0 radical (unpaired) electrons. The van der Waals surface area contributed by atoms with Crippen molar-refractivity contribution in [1.29, 1.82) is 0 Å². The molecule has 0 saturated carbocycles. The van der Waals surface area contributed by atoms with E-state index in [2.05, 4.69) is 10.5 Å². The van der Waals surface area contributed by atoms with E-state index < -0.39 is 12.8 Å². The second kappa shape index (κ2) is 8.99. The number of anilines is 1. The third kappa shape index (κ3) is 4.50. The van der Waals surface area contributed by atoms with Crippen molar-refractivity contribution in [2.24, 2.45) is 11.8 Å². The van der Waals surface area contributed by atoms with E-state index in [0.29, 0.717) is 22.7 Å². The van der Waals surface area contributed by atoms with Crippen molar-refractivity contribution in [3.8, 4) is 11.5 Å². The summed E-state index contributed by atoms with van der Waals surface area (Å²) in [5, 5.41) is 9.32. The van der Waals surface area contributed by atoms with Crippen LogP contribution < -0.4 is 10.0 Å². The Morgan fingerprint density at radius 3 is 2.07 bits per heavy atom. The molecule has 0 aliphatic carbocycles. The average molecular weight is 435 g/mol. The van der Waals surface area contributed by atoms with Gasteiger partial charge in [-0.2, -0.15) is 4.62 Å². The van der Waals surface area contributed by atoms with Gasteiger partial charge in [0.25, 0.3) is 0 Å². The highest BCUT2D eigenvalue weighted by Crippen LogP contribution is 2.65. The Morgan fingerprint density at radius 2 is 1.57 bits per heavy atom. The molecule has 0 fully saturated rings. The maximum absolute atomic E-state index is 14.4. The minimum absolute atomic E-state index is 0.0102. The number of benzene rings is 1. The molecule has 2 rings (SSSR count). The number of aryl methyl sites for hydroxylation is 3. The maximum Gasteiger partial charge on any atom is 0.406 e. The molecule has 0 bridgehead atoms. The zero-order chi connectivity index (χ0) is 22.9. The molecular formula is C23H35N2O4P. The van der Waals surface area contributed by atoms with Crippen LogP contribution in [0.15, 0.2) is 24.4 Å². The molecule has 0 saturated heterocycles. The van der Waals surface area contributed by atoms with Crippen molar-refractivity contribution in [1.82, 2.24) is 4.98 Å². The fourth-order valence-corrected chi connectivity index (χ4v) is 5.75. The Morgan fingerprint density at radius 1 is 1.03 bits per heavy atom. The Hall–Kier alpha value is -2.04. The quantitative estimate of drug-likeness (QED) is 0.355. The summed E-state index contributed by atoms with van der Waals surface area (Å²) in [7, 11) is -3.76. The van der Waals surface area contributed by atoms with E-state index in [4.69, 9.17) is 9.15 Å². The fraction of sp³-hybridized carbons (Fsp3) is 0.522. The van der Waals surface area contributed by atoms with Crippen LogP contribution in [0.2, 0.25) is 0 Å². The maximum atomic E-state index is 14.4. The molecule has 0 amide bonds. The third-order valence-electron chi connectivity index (χ3n) is 6.36. The fourth-order valence-electron chi connectivity index (χ4n) is 3.46. The molecule has 1 heterocycles. The molecular weight excluding hydrogens is 399 g/mol. The third-order valence-corrected chi connectivity index (χ3v) is 9.35. The Kier molecular flexibility index (Phi) is 7.26. The van der Waals surface area contributed by atoms with Gasteiger partial charge in [0.2, 0.25) is 0 Å². The largest absolute Gasteiger partial charge is 0.507 e. The lowest BCUT2D eigenvalue weighted by molar-refractivity contribution is 0.230. The number of phenolic OH excluding ortho intramolecular Hbond substituents is 1. The summed E-state index contributed by atoms with van der Waals surface area (Å²) in [6.07, 6.45) is 1.68. The van der Waals surface area contributed by atoms with Gasteiger partial charge in [-0.25, -0.2) is 15.0 Å². The smallest absolute Gasteiger partial charge is 0.406 e. The lowest BCUT2D eigenvalue weighted by Gasteiger charge is -2.41. The monoisotopic (exact) mass is 434 g/mol. The summed E-state index contributed by atoms with van der Waals surface area (Å²) in [6.45, 7) is 17.5. The number of hydrogen-bond donors (Lipinski definition) is 2. The number of nitrogens with zero attached hydrogens (tertiary/aromatic N) is 1. The first-order valence-corrected chi connectivity index (χ1v) is 11.8. The van der Waals surface area contributed by atoms with Crippen LogP contribution in [0.1, 0.15) is 56.9 Å². The van der Waals surface area contributed by atoms with Crippen LogP contribution >= 0.6 is 7.60 Å². The van der Waals surface area contributed by atoms with Gasteiger partial charge in [-0.05, 0) is 86.9 Å². The van der Waals surface area contributed by atoms with Crippen molar-refractivity contribution < 1.29 is 18.8 Å². The van der Waals surface area contributed by atoms with Crippen molar-refractivity contribution in [2.45, 2.75) is 67.5 Å². The van der Waals surface area contributed by atoms with E-state index >= 15 is 0 Å². The molecule has 2 aromatic rings. The molecule has 30 heavy (non-hydrogen) atoms. The summed E-state index contributed by atoms with van der Waals surface area (Å²) < 4.78 is 26.4. The molecule has 1 aromatic carbocycles. The highest BCUT2D eigenvalue weighted by atomic mass is 31.2. The number of phenols is 1. The van der Waals surface area contributed by atoms with Crippen LogP contribution in [0, 0.1) is 39.5 Å². The van der Waals surface area contributed by atoms with Crippen LogP contribution in [-0.2, 0) is 9.19 Å². The zero-order valence-corrected chi connectivity index (χ0v) is 20.4. The van der Waals surface area contributed by atoms with Crippen LogP contribution in [0.5, 0.6) is 11.5 Å². The van der Waals surface area contributed by atoms with E-state index in [0.717, 1.165) is 11.1 Å². The molecule has 166 valence electrons. The van der Waals surface area contributed by atoms with Gasteiger partial charge >= 0.3 is 7.60 Å². The Labute approximate surface area is 180 Å². The minimum atomic E-state index is -3.76. The molecule has 1 aromatic heterocycles. The number of aromatic nitrogens is 1. The van der Waals surface area contributed by atoms with Crippen molar-refractivity contribution in [2.75, 3.05) is 5.48 Å². The normalized spacial score (nSPS) is 14.1. The van der Waals surface area contributed by atoms with Crippen molar-refractivity contribution >= 4 is 13.4 Å². The first kappa shape index (κ1) is 24.2. The lowest BCUT2D eigenvalue weighted by atomic mass is 9.86. The van der Waals surface area contributed by atoms with E-state index in [1.807, 2.05) is 54.5 Å². The first-order chi connectivity index (χ1) is 13.8. The average Bonchev–Trinajstić information content (AvgIpc) is 2.66. The summed E-state index contributed by atoms with van der Waals surface area (Å²) >= 11 is 0. The van der Waals surface area contributed by atoms with E-state index in [1.54, 1.807) is 32.2 Å². The second-order valence-electron chi connectivity index (χ2n) is 8.82. The number of aromatic hydroxyl groups is 1. The highest BCUT2D eigenvalue weighted by molar-refractivity contribution is 7.56. The molecule has 1 unspecified atom stereocenters. The first-order valence-electron chi connectivity index (χ1n) is 10.3. The van der Waals surface area contributed by atoms with E-state index in [9.17, 15) is 9.67 Å². The predicted octanol–water partition coefficient (Wildman–Crippen LogP) is 6.71. The van der Waals surface area contributed by atoms with Crippen LogP contribution in [-0.4, -0.2) is 15.2 Å². The Balaban J connectivity index is 2.52. The van der Waals surface area contributed by atoms with Gasteiger partial charge in [0.05, 0.1) is 5.16 Å². The number of rotatable bonds is 8. The zero-order valence-electron chi connectivity index (χ0n) is 19.5.